The Kier molecular flexibility index (Phi) is 3.92. The van der Waals surface area contributed by atoms with Gasteiger partial charge in [-0.15, -0.1) is 0 Å². The van der Waals surface area contributed by atoms with Crippen LogP contribution in [0.1, 0.15) is 11.4 Å². The molecule has 0 saturated carbocycles. The highest BCUT2D eigenvalue weighted by atomic mass is 15.4. The lowest BCUT2D eigenvalue weighted by atomic mass is 10.1. The van der Waals surface area contributed by atoms with Crippen molar-refractivity contribution in [3.8, 4) is 0 Å². The van der Waals surface area contributed by atoms with Crippen molar-refractivity contribution in [3.05, 3.63) is 84.4 Å². The van der Waals surface area contributed by atoms with Gasteiger partial charge in [0.05, 0.1) is 22.4 Å². The second-order valence-electron chi connectivity index (χ2n) is 5.49. The molecule has 0 spiro atoms. The van der Waals surface area contributed by atoms with Crippen LogP contribution in [0.3, 0.4) is 0 Å². The Balaban J connectivity index is 1.75. The molecule has 0 aliphatic rings. The minimum Gasteiger partial charge on any atom is -0.312 e. The van der Waals surface area contributed by atoms with E-state index in [1.807, 2.05) is 72.3 Å². The number of hydrogen-bond donors (Lipinski definition) is 1. The van der Waals surface area contributed by atoms with Gasteiger partial charge in [-0.3, -0.25) is 9.97 Å². The summed E-state index contributed by atoms with van der Waals surface area (Å²) in [4.78, 5) is 13.4. The van der Waals surface area contributed by atoms with Crippen LogP contribution < -0.4 is 5.43 Å². The van der Waals surface area contributed by atoms with E-state index in [2.05, 4.69) is 25.5 Å². The summed E-state index contributed by atoms with van der Waals surface area (Å²) in [7, 11) is 1.95. The normalized spacial score (nSPS) is 10.6. The molecular weight excluding hydrogens is 312 g/mol. The van der Waals surface area contributed by atoms with Gasteiger partial charge in [0.2, 0.25) is 5.95 Å². The summed E-state index contributed by atoms with van der Waals surface area (Å²) < 4.78 is 1.97. The van der Waals surface area contributed by atoms with E-state index in [1.165, 1.54) is 0 Å². The number of aromatic nitrogens is 4. The molecule has 0 amide bonds. The summed E-state index contributed by atoms with van der Waals surface area (Å²) in [5, 5.41) is 4.55. The minimum atomic E-state index is 0.658. The van der Waals surface area contributed by atoms with Crippen LogP contribution in [0, 0.1) is 0 Å². The SMILES string of the molecule is Cn1c(NN=C(c2ccccn2)c2ccccn2)nc2ccccc21. The van der Waals surface area contributed by atoms with Crippen LogP contribution in [0.4, 0.5) is 5.95 Å². The van der Waals surface area contributed by atoms with Gasteiger partial charge in [0.1, 0.15) is 5.71 Å². The highest BCUT2D eigenvalue weighted by Crippen LogP contribution is 2.18. The van der Waals surface area contributed by atoms with Crippen molar-refractivity contribution < 1.29 is 0 Å². The Morgan fingerprint density at radius 3 is 2.12 bits per heavy atom. The number of hydrazone groups is 1. The zero-order valence-electron chi connectivity index (χ0n) is 13.7. The van der Waals surface area contributed by atoms with Crippen LogP contribution in [0.5, 0.6) is 0 Å². The van der Waals surface area contributed by atoms with Crippen molar-refractivity contribution in [3.63, 3.8) is 0 Å². The number of anilines is 1. The number of rotatable bonds is 4. The van der Waals surface area contributed by atoms with Crippen LogP contribution in [0.15, 0.2) is 78.2 Å². The lowest BCUT2D eigenvalue weighted by molar-refractivity contribution is 0.942. The molecule has 4 rings (SSSR count). The molecule has 0 atom stereocenters. The van der Waals surface area contributed by atoms with Gasteiger partial charge in [0, 0.05) is 19.4 Å². The molecule has 0 saturated heterocycles. The van der Waals surface area contributed by atoms with Gasteiger partial charge in [-0.05, 0) is 36.4 Å². The summed E-state index contributed by atoms with van der Waals surface area (Å²) in [6, 6.07) is 19.4. The van der Waals surface area contributed by atoms with Crippen LogP contribution in [0.2, 0.25) is 0 Å². The predicted octanol–water partition coefficient (Wildman–Crippen LogP) is 3.23. The summed E-state index contributed by atoms with van der Waals surface area (Å²) in [5.41, 5.74) is 7.16. The first-order chi connectivity index (χ1) is 12.3. The average Bonchev–Trinajstić information content (AvgIpc) is 3.00. The largest absolute Gasteiger partial charge is 0.312 e. The Morgan fingerprint density at radius 2 is 1.52 bits per heavy atom. The topological polar surface area (TPSA) is 68.0 Å². The molecule has 3 heterocycles. The molecule has 0 bridgehead atoms. The number of nitrogens with zero attached hydrogens (tertiary/aromatic N) is 5. The molecule has 25 heavy (non-hydrogen) atoms. The van der Waals surface area contributed by atoms with E-state index >= 15 is 0 Å². The fourth-order valence-corrected chi connectivity index (χ4v) is 2.60. The smallest absolute Gasteiger partial charge is 0.224 e. The van der Waals surface area contributed by atoms with Crippen molar-refractivity contribution >= 4 is 22.7 Å². The van der Waals surface area contributed by atoms with Gasteiger partial charge in [-0.1, -0.05) is 24.3 Å². The van der Waals surface area contributed by atoms with Crippen molar-refractivity contribution in [1.29, 1.82) is 0 Å². The van der Waals surface area contributed by atoms with E-state index in [4.69, 9.17) is 0 Å². The third kappa shape index (κ3) is 2.97. The van der Waals surface area contributed by atoms with E-state index in [1.54, 1.807) is 12.4 Å². The van der Waals surface area contributed by atoms with Crippen molar-refractivity contribution in [2.75, 3.05) is 5.43 Å². The minimum absolute atomic E-state index is 0.658. The van der Waals surface area contributed by atoms with Gasteiger partial charge >= 0.3 is 0 Å². The van der Waals surface area contributed by atoms with Gasteiger partial charge in [-0.2, -0.15) is 5.10 Å². The Hall–Kier alpha value is -3.54. The zero-order valence-corrected chi connectivity index (χ0v) is 13.7. The number of nitrogens with one attached hydrogen (secondary N) is 1. The van der Waals surface area contributed by atoms with E-state index in [9.17, 15) is 0 Å². The predicted molar refractivity (Wildman–Crippen MR) is 98.4 cm³/mol. The maximum absolute atomic E-state index is 4.58. The zero-order chi connectivity index (χ0) is 17.1. The first kappa shape index (κ1) is 15.0. The fourth-order valence-electron chi connectivity index (χ4n) is 2.60. The third-order valence-electron chi connectivity index (χ3n) is 3.87. The number of benzene rings is 1. The number of pyridine rings is 2. The quantitative estimate of drug-likeness (QED) is 0.461. The van der Waals surface area contributed by atoms with Crippen LogP contribution in [0.25, 0.3) is 11.0 Å². The summed E-state index contributed by atoms with van der Waals surface area (Å²) in [5.74, 6) is 0.658. The van der Waals surface area contributed by atoms with E-state index in [0.29, 0.717) is 11.7 Å². The van der Waals surface area contributed by atoms with E-state index < -0.39 is 0 Å². The number of aryl methyl sites for hydroxylation is 1. The Bertz CT molecular complexity index is 980. The maximum Gasteiger partial charge on any atom is 0.224 e. The van der Waals surface area contributed by atoms with Crippen LogP contribution in [-0.4, -0.2) is 25.2 Å². The molecule has 0 aliphatic carbocycles. The monoisotopic (exact) mass is 328 g/mol. The number of para-hydroxylation sites is 2. The lowest BCUT2D eigenvalue weighted by Crippen LogP contribution is -2.11. The highest BCUT2D eigenvalue weighted by molar-refractivity contribution is 6.10. The molecule has 0 radical (unpaired) electrons. The van der Waals surface area contributed by atoms with E-state index in [0.717, 1.165) is 22.4 Å². The van der Waals surface area contributed by atoms with Crippen molar-refractivity contribution in [2.45, 2.75) is 0 Å². The average molecular weight is 328 g/mol. The molecule has 1 aromatic carbocycles. The first-order valence-corrected chi connectivity index (χ1v) is 7.91. The van der Waals surface area contributed by atoms with Crippen molar-refractivity contribution in [2.24, 2.45) is 12.1 Å². The highest BCUT2D eigenvalue weighted by Gasteiger charge is 2.11. The van der Waals surface area contributed by atoms with Gasteiger partial charge < -0.3 is 4.57 Å². The van der Waals surface area contributed by atoms with Crippen molar-refractivity contribution in [1.82, 2.24) is 19.5 Å². The molecule has 3 aromatic heterocycles. The van der Waals surface area contributed by atoms with Crippen LogP contribution >= 0.6 is 0 Å². The Morgan fingerprint density at radius 1 is 0.880 bits per heavy atom. The number of hydrogen-bond acceptors (Lipinski definition) is 5. The Labute approximate surface area is 144 Å². The second-order valence-corrected chi connectivity index (χ2v) is 5.49. The first-order valence-electron chi connectivity index (χ1n) is 7.91. The van der Waals surface area contributed by atoms with Gasteiger partial charge in [-0.25, -0.2) is 10.4 Å². The molecule has 6 heteroatoms. The molecule has 0 fully saturated rings. The molecule has 122 valence electrons. The number of fused-ring (bicyclic) bond motifs is 1. The van der Waals surface area contributed by atoms with E-state index in [-0.39, 0.29) is 0 Å². The second kappa shape index (κ2) is 6.52. The molecule has 1 N–H and O–H groups in total. The standard InChI is InChI=1S/C19H16N6/c1-25-17-11-3-2-8-14(17)22-19(25)24-23-18(15-9-4-6-12-20-15)16-10-5-7-13-21-16/h2-13H,1H3,(H,22,24). The molecule has 0 aliphatic heterocycles. The van der Waals surface area contributed by atoms with Gasteiger partial charge in [0.15, 0.2) is 0 Å². The fraction of sp³-hybridized carbons (Fsp3) is 0.0526. The van der Waals surface area contributed by atoms with Gasteiger partial charge in [0.25, 0.3) is 0 Å². The number of imidazole rings is 1. The molecule has 0 unspecified atom stereocenters. The van der Waals surface area contributed by atoms with Crippen LogP contribution in [-0.2, 0) is 7.05 Å². The maximum atomic E-state index is 4.58. The lowest BCUT2D eigenvalue weighted by Gasteiger charge is -2.06. The summed E-state index contributed by atoms with van der Waals surface area (Å²) in [6.07, 6.45) is 3.48. The third-order valence-corrected chi connectivity index (χ3v) is 3.87. The molecular formula is C19H16N6. The summed E-state index contributed by atoms with van der Waals surface area (Å²) >= 11 is 0. The summed E-state index contributed by atoms with van der Waals surface area (Å²) in [6.45, 7) is 0. The molecule has 6 nitrogen and oxygen atoms in total. The molecule has 4 aromatic rings.